The van der Waals surface area contributed by atoms with Crippen LogP contribution in [0.15, 0.2) is 36.4 Å². The first-order valence-electron chi connectivity index (χ1n) is 17.7. The van der Waals surface area contributed by atoms with Gasteiger partial charge in [-0.3, -0.25) is 24.4 Å². The van der Waals surface area contributed by atoms with Gasteiger partial charge in [0.15, 0.2) is 0 Å². The monoisotopic (exact) mass is 797 g/mol. The van der Waals surface area contributed by atoms with Crippen LogP contribution in [0.25, 0.3) is 17.0 Å². The molecule has 15 heteroatoms. The summed E-state index contributed by atoms with van der Waals surface area (Å²) >= 11 is 17.1. The van der Waals surface area contributed by atoms with Crippen LogP contribution >= 0.6 is 34.8 Å². The number of nitrogens with one attached hydrogen (secondary N) is 3. The fourth-order valence-corrected chi connectivity index (χ4v) is 5.56. The first kappa shape index (κ1) is 44.2. The summed E-state index contributed by atoms with van der Waals surface area (Å²) < 4.78 is 15.0. The Kier molecular flexibility index (Phi) is 15.0. The van der Waals surface area contributed by atoms with E-state index in [1.165, 1.54) is 5.01 Å². The predicted octanol–water partition coefficient (Wildman–Crippen LogP) is 7.20. The van der Waals surface area contributed by atoms with Crippen molar-refractivity contribution in [2.24, 2.45) is 10.8 Å². The number of hydrazine groups is 1. The number of pyridine rings is 1. The highest BCUT2D eigenvalue weighted by Crippen LogP contribution is 2.29. The van der Waals surface area contributed by atoms with E-state index >= 15 is 0 Å². The number of carbonyl (C=O) groups is 4. The average molecular weight is 799 g/mol. The van der Waals surface area contributed by atoms with E-state index in [2.05, 4.69) is 16.1 Å². The molecule has 2 heterocycles. The Bertz CT molecular complexity index is 1650. The van der Waals surface area contributed by atoms with E-state index in [1.807, 2.05) is 105 Å². The standard InChI is InChI=1S/C38H54Cl3N5O7/c1-23(43-34(50)53-36(6,7)8)27-16-15-26-14-13-25(20-29(26)44-27)17-18-37(9,10)21-51-30(35(3,4)5)31(47)42-24(2)32(48)46-19-11-12-28(45-46)33(49)52-22-38(39,40)41/h13-18,20,23-24,28,30,45H,11-12,19,21-22H2,1-10H3,(H,42,47)(H,43,50)/b18-17+/t23-,24+,28+,30-/m1/s1. The third-order valence-corrected chi connectivity index (χ3v) is 8.46. The van der Waals surface area contributed by atoms with E-state index in [0.29, 0.717) is 25.1 Å². The highest BCUT2D eigenvalue weighted by Gasteiger charge is 2.37. The molecule has 3 rings (SSSR count). The summed E-state index contributed by atoms with van der Waals surface area (Å²) in [7, 11) is 0. The molecule has 1 aliphatic rings. The number of ether oxygens (including phenoxy) is 3. The maximum atomic E-state index is 13.6. The first-order chi connectivity index (χ1) is 24.3. The fraction of sp³-hybridized carbons (Fsp3) is 0.605. The first-order valence-corrected chi connectivity index (χ1v) is 18.8. The highest BCUT2D eigenvalue weighted by molar-refractivity contribution is 6.67. The number of fused-ring (bicyclic) bond motifs is 1. The molecule has 1 saturated heterocycles. The van der Waals surface area contributed by atoms with Crippen LogP contribution < -0.4 is 16.1 Å². The second-order valence-electron chi connectivity index (χ2n) is 16.2. The molecule has 12 nitrogen and oxygen atoms in total. The Morgan fingerprint density at radius 2 is 1.64 bits per heavy atom. The van der Waals surface area contributed by atoms with Crippen molar-refractivity contribution in [2.45, 2.75) is 116 Å². The maximum absolute atomic E-state index is 13.6. The second kappa shape index (κ2) is 18.0. The molecule has 0 radical (unpaired) electrons. The van der Waals surface area contributed by atoms with Crippen molar-refractivity contribution in [2.75, 3.05) is 19.8 Å². The zero-order valence-electron chi connectivity index (χ0n) is 32.3. The molecule has 294 valence electrons. The van der Waals surface area contributed by atoms with Gasteiger partial charge in [-0.2, -0.15) is 0 Å². The van der Waals surface area contributed by atoms with Gasteiger partial charge in [0.25, 0.3) is 5.91 Å². The van der Waals surface area contributed by atoms with E-state index < -0.39 is 68.9 Å². The number of nitrogens with zero attached hydrogens (tertiary/aromatic N) is 2. The molecule has 1 aromatic heterocycles. The van der Waals surface area contributed by atoms with E-state index in [0.717, 1.165) is 16.5 Å². The molecule has 3 N–H and O–H groups in total. The van der Waals surface area contributed by atoms with Crippen LogP contribution in [0, 0.1) is 10.8 Å². The average Bonchev–Trinajstić information content (AvgIpc) is 3.03. The Labute approximate surface area is 327 Å². The van der Waals surface area contributed by atoms with Gasteiger partial charge < -0.3 is 24.8 Å². The summed E-state index contributed by atoms with van der Waals surface area (Å²) in [4.78, 5) is 56.4. The van der Waals surface area contributed by atoms with Crippen molar-refractivity contribution >= 4 is 75.7 Å². The van der Waals surface area contributed by atoms with E-state index in [9.17, 15) is 19.2 Å². The van der Waals surface area contributed by atoms with Gasteiger partial charge in [-0.25, -0.2) is 10.2 Å². The molecule has 3 amide bonds. The normalized spacial score (nSPS) is 17.6. The van der Waals surface area contributed by atoms with Gasteiger partial charge in [0, 0.05) is 17.3 Å². The summed E-state index contributed by atoms with van der Waals surface area (Å²) in [5.74, 6) is -1.49. The zero-order valence-corrected chi connectivity index (χ0v) is 34.5. The van der Waals surface area contributed by atoms with Crippen molar-refractivity contribution in [3.8, 4) is 0 Å². The summed E-state index contributed by atoms with van der Waals surface area (Å²) in [6.07, 6.45) is 3.59. The van der Waals surface area contributed by atoms with Crippen LogP contribution in [0.3, 0.4) is 0 Å². The lowest BCUT2D eigenvalue weighted by Gasteiger charge is -2.36. The van der Waals surface area contributed by atoms with Gasteiger partial charge >= 0.3 is 12.1 Å². The number of alkyl carbamates (subject to hydrolysis) is 1. The minimum atomic E-state index is -1.75. The van der Waals surface area contributed by atoms with Crippen molar-refractivity contribution in [1.82, 2.24) is 26.1 Å². The van der Waals surface area contributed by atoms with Gasteiger partial charge in [-0.05, 0) is 70.6 Å². The molecule has 2 aromatic rings. The molecule has 0 aliphatic carbocycles. The van der Waals surface area contributed by atoms with Crippen LogP contribution in [-0.2, 0) is 28.6 Å². The Morgan fingerprint density at radius 3 is 2.26 bits per heavy atom. The van der Waals surface area contributed by atoms with Crippen molar-refractivity contribution < 1.29 is 33.4 Å². The number of halogens is 3. The Morgan fingerprint density at radius 1 is 0.981 bits per heavy atom. The van der Waals surface area contributed by atoms with Gasteiger partial charge in [0.1, 0.15) is 30.4 Å². The molecule has 4 atom stereocenters. The molecule has 1 aromatic carbocycles. The van der Waals surface area contributed by atoms with Gasteiger partial charge in [-0.1, -0.05) is 99.8 Å². The van der Waals surface area contributed by atoms with Crippen LogP contribution in [-0.4, -0.2) is 81.2 Å². The summed E-state index contributed by atoms with van der Waals surface area (Å²) in [5, 5.41) is 7.90. The number of hydrogen-bond donors (Lipinski definition) is 3. The number of benzene rings is 1. The van der Waals surface area contributed by atoms with Crippen LogP contribution in [0.5, 0.6) is 0 Å². The lowest BCUT2D eigenvalue weighted by molar-refractivity contribution is -0.154. The summed E-state index contributed by atoms with van der Waals surface area (Å²) in [6.45, 7) is 18.7. The maximum Gasteiger partial charge on any atom is 0.408 e. The Hall–Kier alpha value is -3.16. The molecule has 1 aliphatic heterocycles. The number of esters is 1. The molecule has 1 fully saturated rings. The molecular weight excluding hydrogens is 745 g/mol. The number of amides is 3. The van der Waals surface area contributed by atoms with Gasteiger partial charge in [-0.15, -0.1) is 0 Å². The van der Waals surface area contributed by atoms with Gasteiger partial charge in [0.2, 0.25) is 9.70 Å². The minimum Gasteiger partial charge on any atom is -0.460 e. The fourth-order valence-electron chi connectivity index (χ4n) is 5.39. The SMILES string of the molecule is C[C@H](NC(=O)[C@@H](OCC(C)(C)/C=C/c1ccc2ccc([C@@H](C)NC(=O)OC(C)(C)C)nc2c1)C(C)(C)C)C(=O)N1CCC[C@@H](C(=O)OCC(Cl)(Cl)Cl)N1. The zero-order chi connectivity index (χ0) is 39.9. The number of hydrogen-bond acceptors (Lipinski definition) is 9. The number of alkyl halides is 3. The summed E-state index contributed by atoms with van der Waals surface area (Å²) in [5.41, 5.74) is 3.61. The van der Waals surface area contributed by atoms with Crippen molar-refractivity contribution in [3.63, 3.8) is 0 Å². The van der Waals surface area contributed by atoms with Crippen molar-refractivity contribution in [3.05, 3.63) is 47.7 Å². The molecule has 0 spiro atoms. The topological polar surface area (TPSA) is 148 Å². The molecule has 0 unspecified atom stereocenters. The second-order valence-corrected chi connectivity index (χ2v) is 18.7. The smallest absolute Gasteiger partial charge is 0.408 e. The van der Waals surface area contributed by atoms with E-state index in [4.69, 9.17) is 54.0 Å². The van der Waals surface area contributed by atoms with Crippen LogP contribution in [0.2, 0.25) is 0 Å². The minimum absolute atomic E-state index is 0.219. The molecule has 0 saturated carbocycles. The highest BCUT2D eigenvalue weighted by atomic mass is 35.6. The molecule has 53 heavy (non-hydrogen) atoms. The number of carbonyl (C=O) groups excluding carboxylic acids is 4. The summed E-state index contributed by atoms with van der Waals surface area (Å²) in [6, 6.07) is 7.74. The van der Waals surface area contributed by atoms with Crippen LogP contribution in [0.4, 0.5) is 4.79 Å². The largest absolute Gasteiger partial charge is 0.460 e. The molecular formula is C38H54Cl3N5O7. The Balaban J connectivity index is 1.62. The lowest BCUT2D eigenvalue weighted by Crippen LogP contribution is -2.60. The van der Waals surface area contributed by atoms with Crippen molar-refractivity contribution in [1.29, 1.82) is 0 Å². The molecule has 0 bridgehead atoms. The quantitative estimate of drug-likeness (QED) is 0.150. The number of aromatic nitrogens is 1. The lowest BCUT2D eigenvalue weighted by atomic mass is 9.87. The van der Waals surface area contributed by atoms with E-state index in [1.54, 1.807) is 6.92 Å². The van der Waals surface area contributed by atoms with Crippen LogP contribution in [0.1, 0.15) is 99.4 Å². The third-order valence-electron chi connectivity index (χ3n) is 8.13. The van der Waals surface area contributed by atoms with Gasteiger partial charge in [0.05, 0.1) is 23.9 Å². The number of rotatable bonds is 12. The predicted molar refractivity (Wildman–Crippen MR) is 208 cm³/mol. The van der Waals surface area contributed by atoms with E-state index in [-0.39, 0.29) is 12.6 Å². The third kappa shape index (κ3) is 14.5.